The van der Waals surface area contributed by atoms with E-state index in [1.807, 2.05) is 6.08 Å². The van der Waals surface area contributed by atoms with Crippen LogP contribution in [0.1, 0.15) is 47.0 Å². The monoisotopic (exact) mass is 288 g/mol. The van der Waals surface area contributed by atoms with Crippen LogP contribution in [0.5, 0.6) is 0 Å². The van der Waals surface area contributed by atoms with Gasteiger partial charge in [0.15, 0.2) is 11.5 Å². The van der Waals surface area contributed by atoms with Gasteiger partial charge in [-0.15, -0.1) is 0 Å². The highest BCUT2D eigenvalue weighted by Crippen LogP contribution is 2.23. The maximum absolute atomic E-state index is 12.0. The highest BCUT2D eigenvalue weighted by molar-refractivity contribution is 6.21. The molecule has 0 aromatic rings. The van der Waals surface area contributed by atoms with Gasteiger partial charge in [-0.1, -0.05) is 23.3 Å². The Bertz CT molecular complexity index is 553. The summed E-state index contributed by atoms with van der Waals surface area (Å²) in [4.78, 5) is 24.0. The van der Waals surface area contributed by atoms with Gasteiger partial charge in [0.05, 0.1) is 7.11 Å². The van der Waals surface area contributed by atoms with Crippen LogP contribution in [0.15, 0.2) is 46.3 Å². The molecule has 114 valence electrons. The van der Waals surface area contributed by atoms with E-state index < -0.39 is 0 Å². The number of Topliss-reactive ketones (excluding diaryl/α,β-unsaturated/α-hetero) is 1. The molecule has 0 saturated carbocycles. The van der Waals surface area contributed by atoms with Gasteiger partial charge in [0, 0.05) is 17.2 Å². The number of hydrogen-bond acceptors (Lipinski definition) is 3. The number of carbonyl (C=O) groups excluding carboxylic acids is 2. The molecular weight excluding hydrogens is 264 g/mol. The fourth-order valence-corrected chi connectivity index (χ4v) is 2.15. The maximum Gasteiger partial charge on any atom is 0.223 e. The van der Waals surface area contributed by atoms with Crippen molar-refractivity contribution >= 4 is 11.6 Å². The largest absolute Gasteiger partial charge is 0.493 e. The molecule has 1 aliphatic rings. The van der Waals surface area contributed by atoms with E-state index in [-0.39, 0.29) is 17.3 Å². The van der Waals surface area contributed by atoms with Crippen LogP contribution >= 0.6 is 0 Å². The summed E-state index contributed by atoms with van der Waals surface area (Å²) in [5, 5.41) is 0. The van der Waals surface area contributed by atoms with Gasteiger partial charge in [-0.05, 0) is 47.0 Å². The summed E-state index contributed by atoms with van der Waals surface area (Å²) in [5.74, 6) is -0.189. The van der Waals surface area contributed by atoms with E-state index in [0.717, 1.165) is 12.8 Å². The lowest BCUT2D eigenvalue weighted by atomic mass is 9.91. The minimum absolute atomic E-state index is 0.128. The third kappa shape index (κ3) is 4.85. The lowest BCUT2D eigenvalue weighted by Gasteiger charge is -2.14. The molecule has 0 aromatic heterocycles. The summed E-state index contributed by atoms with van der Waals surface area (Å²) in [6.07, 6.45) is 8.00. The van der Waals surface area contributed by atoms with Crippen LogP contribution in [-0.2, 0) is 14.3 Å². The second-order valence-corrected chi connectivity index (χ2v) is 5.58. The Balaban J connectivity index is 2.74. The van der Waals surface area contributed by atoms with Gasteiger partial charge in [0.2, 0.25) is 5.78 Å². The van der Waals surface area contributed by atoms with Crippen LogP contribution < -0.4 is 0 Å². The Morgan fingerprint density at radius 1 is 1.19 bits per heavy atom. The molecular formula is C18H24O3. The quantitative estimate of drug-likeness (QED) is 0.546. The Morgan fingerprint density at radius 2 is 1.86 bits per heavy atom. The summed E-state index contributed by atoms with van der Waals surface area (Å²) in [6.45, 7) is 7.91. The van der Waals surface area contributed by atoms with Crippen molar-refractivity contribution in [2.45, 2.75) is 47.0 Å². The minimum Gasteiger partial charge on any atom is -0.493 e. The lowest BCUT2D eigenvalue weighted by molar-refractivity contribution is -0.118. The smallest absolute Gasteiger partial charge is 0.223 e. The fourth-order valence-electron chi connectivity index (χ4n) is 2.15. The molecule has 3 nitrogen and oxygen atoms in total. The number of ether oxygens (including phenoxy) is 1. The third-order valence-corrected chi connectivity index (χ3v) is 3.54. The lowest BCUT2D eigenvalue weighted by Crippen LogP contribution is -2.18. The van der Waals surface area contributed by atoms with E-state index in [1.54, 1.807) is 6.92 Å². The Labute approximate surface area is 127 Å². The first-order valence-electron chi connectivity index (χ1n) is 7.20. The highest BCUT2D eigenvalue weighted by Gasteiger charge is 2.25. The van der Waals surface area contributed by atoms with Crippen LogP contribution in [-0.4, -0.2) is 18.7 Å². The standard InChI is InChI=1S/C18H24O3/c1-12(2)7-6-8-13(3)9-10-15-14(4)18(20)17(21-5)11-16(15)19/h7,9,11H,6,8,10H2,1-5H3/b13-9+. The second kappa shape index (κ2) is 7.77. The van der Waals surface area contributed by atoms with Crippen LogP contribution in [0.25, 0.3) is 0 Å². The molecule has 1 rings (SSSR count). The molecule has 0 fully saturated rings. The molecule has 0 aromatic carbocycles. The van der Waals surface area contributed by atoms with Crippen LogP contribution in [0, 0.1) is 0 Å². The molecule has 0 bridgehead atoms. The maximum atomic E-state index is 12.0. The van der Waals surface area contributed by atoms with Crippen molar-refractivity contribution in [1.29, 1.82) is 0 Å². The molecule has 1 aliphatic carbocycles. The minimum atomic E-state index is -0.192. The highest BCUT2D eigenvalue weighted by atomic mass is 16.5. The summed E-state index contributed by atoms with van der Waals surface area (Å²) in [7, 11) is 1.41. The van der Waals surface area contributed by atoms with Gasteiger partial charge in [-0.25, -0.2) is 0 Å². The predicted molar refractivity (Wildman–Crippen MR) is 84.8 cm³/mol. The molecule has 0 atom stereocenters. The number of carbonyl (C=O) groups is 2. The average molecular weight is 288 g/mol. The molecule has 0 radical (unpaired) electrons. The number of allylic oxidation sites excluding steroid dienone is 7. The summed E-state index contributed by atoms with van der Waals surface area (Å²) in [5.41, 5.74) is 3.61. The summed E-state index contributed by atoms with van der Waals surface area (Å²) in [6, 6.07) is 0. The third-order valence-electron chi connectivity index (χ3n) is 3.54. The molecule has 0 aliphatic heterocycles. The Kier molecular flexibility index (Phi) is 6.35. The molecule has 3 heteroatoms. The predicted octanol–water partition coefficient (Wildman–Crippen LogP) is 4.07. The van der Waals surface area contributed by atoms with Gasteiger partial charge in [0.1, 0.15) is 0 Å². The molecule has 0 amide bonds. The molecule has 0 N–H and O–H groups in total. The first-order chi connectivity index (χ1) is 9.86. The van der Waals surface area contributed by atoms with Gasteiger partial charge in [-0.3, -0.25) is 9.59 Å². The van der Waals surface area contributed by atoms with Gasteiger partial charge in [-0.2, -0.15) is 0 Å². The van der Waals surface area contributed by atoms with Crippen molar-refractivity contribution in [2.75, 3.05) is 7.11 Å². The number of rotatable bonds is 6. The van der Waals surface area contributed by atoms with E-state index >= 15 is 0 Å². The van der Waals surface area contributed by atoms with E-state index in [4.69, 9.17) is 4.74 Å². The normalized spacial score (nSPS) is 16.0. The SMILES string of the molecule is COC1=CC(=O)C(C/C=C(\C)CCC=C(C)C)=C(C)C1=O. The topological polar surface area (TPSA) is 43.4 Å². The molecule has 0 unspecified atom stereocenters. The molecule has 0 saturated heterocycles. The Morgan fingerprint density at radius 3 is 2.43 bits per heavy atom. The van der Waals surface area contributed by atoms with E-state index in [1.165, 1.54) is 24.3 Å². The number of hydrogen-bond donors (Lipinski definition) is 0. The van der Waals surface area contributed by atoms with Crippen LogP contribution in [0.2, 0.25) is 0 Å². The van der Waals surface area contributed by atoms with Crippen molar-refractivity contribution in [1.82, 2.24) is 0 Å². The summed E-state index contributed by atoms with van der Waals surface area (Å²) < 4.78 is 4.93. The van der Waals surface area contributed by atoms with Crippen molar-refractivity contribution in [3.05, 3.63) is 46.3 Å². The van der Waals surface area contributed by atoms with E-state index in [0.29, 0.717) is 17.6 Å². The van der Waals surface area contributed by atoms with E-state index in [9.17, 15) is 9.59 Å². The fraction of sp³-hybridized carbons (Fsp3) is 0.444. The molecule has 0 heterocycles. The van der Waals surface area contributed by atoms with Gasteiger partial charge in [0.25, 0.3) is 0 Å². The number of methoxy groups -OCH3 is 1. The molecule has 21 heavy (non-hydrogen) atoms. The van der Waals surface area contributed by atoms with Crippen molar-refractivity contribution < 1.29 is 14.3 Å². The summed E-state index contributed by atoms with van der Waals surface area (Å²) >= 11 is 0. The zero-order chi connectivity index (χ0) is 16.0. The van der Waals surface area contributed by atoms with Crippen molar-refractivity contribution in [3.63, 3.8) is 0 Å². The van der Waals surface area contributed by atoms with Gasteiger partial charge < -0.3 is 4.74 Å². The number of ketones is 2. The first-order valence-corrected chi connectivity index (χ1v) is 7.20. The Hall–Kier alpha value is -1.90. The van der Waals surface area contributed by atoms with Crippen LogP contribution in [0.4, 0.5) is 0 Å². The molecule has 0 spiro atoms. The zero-order valence-corrected chi connectivity index (χ0v) is 13.6. The first kappa shape index (κ1) is 17.2. The van der Waals surface area contributed by atoms with Gasteiger partial charge >= 0.3 is 0 Å². The van der Waals surface area contributed by atoms with E-state index in [2.05, 4.69) is 26.8 Å². The average Bonchev–Trinajstić information content (AvgIpc) is 2.42. The zero-order valence-electron chi connectivity index (χ0n) is 13.6. The second-order valence-electron chi connectivity index (χ2n) is 5.58. The van der Waals surface area contributed by atoms with Crippen molar-refractivity contribution in [3.8, 4) is 0 Å². The van der Waals surface area contributed by atoms with Crippen molar-refractivity contribution in [2.24, 2.45) is 0 Å². The van der Waals surface area contributed by atoms with Crippen LogP contribution in [0.3, 0.4) is 0 Å².